The van der Waals surface area contributed by atoms with E-state index in [0.717, 1.165) is 18.3 Å². The fourth-order valence-electron chi connectivity index (χ4n) is 2.26. The number of rotatable bonds is 3. The molecule has 0 bridgehead atoms. The van der Waals surface area contributed by atoms with E-state index in [1.165, 1.54) is 16.7 Å². The van der Waals surface area contributed by atoms with Crippen molar-refractivity contribution < 1.29 is 14.0 Å². The Balaban J connectivity index is 1.69. The first-order chi connectivity index (χ1) is 12.0. The minimum Gasteiger partial charge on any atom is -0.296 e. The number of hydrogen-bond donors (Lipinski definition) is 2. The van der Waals surface area contributed by atoms with Crippen LogP contribution in [-0.4, -0.2) is 21.4 Å². The Hall–Kier alpha value is -3.55. The number of nitrogens with one attached hydrogen (secondary N) is 2. The minimum atomic E-state index is -0.597. The Labute approximate surface area is 141 Å². The highest BCUT2D eigenvalue weighted by Gasteiger charge is 2.11. The molecule has 0 aliphatic rings. The van der Waals surface area contributed by atoms with Gasteiger partial charge < -0.3 is 0 Å². The van der Waals surface area contributed by atoms with Crippen LogP contribution in [0, 0.1) is 5.82 Å². The molecular weight excluding hydrogens is 327 g/mol. The number of hydrazine groups is 1. The van der Waals surface area contributed by atoms with Crippen molar-refractivity contribution >= 4 is 22.8 Å². The van der Waals surface area contributed by atoms with Crippen LogP contribution in [0.15, 0.2) is 59.5 Å². The fraction of sp³-hybridized carbons (Fsp3) is 0.0588. The van der Waals surface area contributed by atoms with E-state index < -0.39 is 23.2 Å². The van der Waals surface area contributed by atoms with Gasteiger partial charge in [0.2, 0.25) is 0 Å². The van der Waals surface area contributed by atoms with E-state index in [9.17, 15) is 18.8 Å². The molecule has 2 aromatic carbocycles. The molecular formula is C17H13FN4O3. The van der Waals surface area contributed by atoms with Gasteiger partial charge in [-0.25, -0.2) is 9.37 Å². The topological polar surface area (TPSA) is 93.1 Å². The first-order valence-corrected chi connectivity index (χ1v) is 7.34. The zero-order valence-corrected chi connectivity index (χ0v) is 12.9. The number of carbonyl (C=O) groups excluding carboxylic acids is 2. The lowest BCUT2D eigenvalue weighted by Crippen LogP contribution is -2.44. The van der Waals surface area contributed by atoms with E-state index >= 15 is 0 Å². The first-order valence-electron chi connectivity index (χ1n) is 7.34. The molecule has 25 heavy (non-hydrogen) atoms. The average Bonchev–Trinajstić information content (AvgIpc) is 2.63. The predicted octanol–water partition coefficient (Wildman–Crippen LogP) is 0.997. The van der Waals surface area contributed by atoms with Crippen molar-refractivity contribution in [3.05, 3.63) is 76.5 Å². The van der Waals surface area contributed by atoms with Crippen LogP contribution in [0.3, 0.4) is 0 Å². The van der Waals surface area contributed by atoms with Gasteiger partial charge in [-0.2, -0.15) is 0 Å². The number of fused-ring (bicyclic) bond motifs is 1. The number of halogens is 1. The SMILES string of the molecule is O=C(Cn1c(=O)cnc2ccccc21)NNC(=O)c1ccc(F)cc1. The molecule has 0 atom stereocenters. The van der Waals surface area contributed by atoms with E-state index in [1.54, 1.807) is 24.3 Å². The summed E-state index contributed by atoms with van der Waals surface area (Å²) < 4.78 is 14.1. The van der Waals surface area contributed by atoms with E-state index in [1.807, 2.05) is 0 Å². The van der Waals surface area contributed by atoms with Crippen molar-refractivity contribution in [3.8, 4) is 0 Å². The molecule has 1 aromatic heterocycles. The summed E-state index contributed by atoms with van der Waals surface area (Å²) in [4.78, 5) is 39.9. The molecule has 0 saturated heterocycles. The molecule has 0 aliphatic heterocycles. The van der Waals surface area contributed by atoms with E-state index in [4.69, 9.17) is 0 Å². The smallest absolute Gasteiger partial charge is 0.269 e. The second-order valence-electron chi connectivity index (χ2n) is 5.18. The van der Waals surface area contributed by atoms with Gasteiger partial charge in [-0.1, -0.05) is 12.1 Å². The van der Waals surface area contributed by atoms with Gasteiger partial charge in [0.1, 0.15) is 12.4 Å². The minimum absolute atomic E-state index is 0.188. The van der Waals surface area contributed by atoms with Crippen LogP contribution < -0.4 is 16.4 Å². The Morgan fingerprint density at radius 3 is 2.52 bits per heavy atom. The molecule has 0 aliphatic carbocycles. The lowest BCUT2D eigenvalue weighted by atomic mass is 10.2. The summed E-state index contributed by atoms with van der Waals surface area (Å²) in [5.41, 5.74) is 5.28. The summed E-state index contributed by atoms with van der Waals surface area (Å²) in [5, 5.41) is 0. The molecule has 3 rings (SSSR count). The highest BCUT2D eigenvalue weighted by Crippen LogP contribution is 2.07. The highest BCUT2D eigenvalue weighted by molar-refractivity contribution is 5.95. The fourth-order valence-corrected chi connectivity index (χ4v) is 2.26. The van der Waals surface area contributed by atoms with Crippen molar-refractivity contribution in [2.75, 3.05) is 0 Å². The Kier molecular flexibility index (Phi) is 4.51. The second-order valence-corrected chi connectivity index (χ2v) is 5.18. The maximum Gasteiger partial charge on any atom is 0.269 e. The summed E-state index contributed by atoms with van der Waals surface area (Å²) in [6, 6.07) is 11.8. The molecule has 7 nitrogen and oxygen atoms in total. The second kappa shape index (κ2) is 6.91. The van der Waals surface area contributed by atoms with Gasteiger partial charge in [-0.15, -0.1) is 0 Å². The van der Waals surface area contributed by atoms with Crippen LogP contribution in [0.4, 0.5) is 4.39 Å². The average molecular weight is 340 g/mol. The first kappa shape index (κ1) is 16.3. The van der Waals surface area contributed by atoms with Gasteiger partial charge in [0.15, 0.2) is 0 Å². The van der Waals surface area contributed by atoms with Crippen molar-refractivity contribution in [1.29, 1.82) is 0 Å². The number of amides is 2. The van der Waals surface area contributed by atoms with Gasteiger partial charge in [-0.05, 0) is 36.4 Å². The number of aromatic nitrogens is 2. The van der Waals surface area contributed by atoms with Gasteiger partial charge >= 0.3 is 0 Å². The summed E-state index contributed by atoms with van der Waals surface area (Å²) in [7, 11) is 0. The molecule has 3 aromatic rings. The van der Waals surface area contributed by atoms with Crippen molar-refractivity contribution in [2.24, 2.45) is 0 Å². The number of carbonyl (C=O) groups is 2. The molecule has 0 spiro atoms. The summed E-state index contributed by atoms with van der Waals surface area (Å²) in [5.74, 6) is -1.65. The van der Waals surface area contributed by atoms with Gasteiger partial charge in [0.05, 0.1) is 17.2 Å². The monoisotopic (exact) mass is 340 g/mol. The normalized spacial score (nSPS) is 10.4. The molecule has 126 valence electrons. The highest BCUT2D eigenvalue weighted by atomic mass is 19.1. The summed E-state index contributed by atoms with van der Waals surface area (Å²) in [6.45, 7) is -0.286. The lowest BCUT2D eigenvalue weighted by Gasteiger charge is -2.10. The van der Waals surface area contributed by atoms with Gasteiger partial charge in [0.25, 0.3) is 17.4 Å². The van der Waals surface area contributed by atoms with E-state index in [2.05, 4.69) is 15.8 Å². The summed E-state index contributed by atoms with van der Waals surface area (Å²) >= 11 is 0. The van der Waals surface area contributed by atoms with Crippen LogP contribution >= 0.6 is 0 Å². The predicted molar refractivity (Wildman–Crippen MR) is 88.0 cm³/mol. The largest absolute Gasteiger partial charge is 0.296 e. The number of benzene rings is 2. The standard InChI is InChI=1S/C17H13FN4O3/c18-12-7-5-11(6-8-12)17(25)21-20-15(23)10-22-14-4-2-1-3-13(14)19-9-16(22)24/h1-9H,10H2,(H,20,23)(H,21,25). The third-order valence-corrected chi connectivity index (χ3v) is 3.48. The third kappa shape index (κ3) is 3.69. The lowest BCUT2D eigenvalue weighted by molar-refractivity contribution is -0.122. The third-order valence-electron chi connectivity index (χ3n) is 3.48. The molecule has 1 heterocycles. The van der Waals surface area contributed by atoms with Crippen molar-refractivity contribution in [2.45, 2.75) is 6.54 Å². The zero-order chi connectivity index (χ0) is 17.8. The molecule has 2 N–H and O–H groups in total. The van der Waals surface area contributed by atoms with Crippen molar-refractivity contribution in [1.82, 2.24) is 20.4 Å². The van der Waals surface area contributed by atoms with E-state index in [-0.39, 0.29) is 12.1 Å². The van der Waals surface area contributed by atoms with Crippen LogP contribution in [0.1, 0.15) is 10.4 Å². The van der Waals surface area contributed by atoms with Crippen molar-refractivity contribution in [3.63, 3.8) is 0 Å². The van der Waals surface area contributed by atoms with Gasteiger partial charge in [-0.3, -0.25) is 29.8 Å². The Bertz CT molecular complexity index is 999. The van der Waals surface area contributed by atoms with Crippen LogP contribution in [0.25, 0.3) is 11.0 Å². The van der Waals surface area contributed by atoms with Gasteiger partial charge in [0, 0.05) is 5.56 Å². The Morgan fingerprint density at radius 2 is 1.76 bits per heavy atom. The Morgan fingerprint density at radius 1 is 1.04 bits per heavy atom. The maximum atomic E-state index is 12.8. The number of nitrogens with zero attached hydrogens (tertiary/aromatic N) is 2. The van der Waals surface area contributed by atoms with Crippen LogP contribution in [0.5, 0.6) is 0 Å². The molecule has 0 fully saturated rings. The maximum absolute atomic E-state index is 12.8. The summed E-state index contributed by atoms with van der Waals surface area (Å²) in [6.07, 6.45) is 1.13. The quantitative estimate of drug-likeness (QED) is 0.696. The molecule has 0 unspecified atom stereocenters. The van der Waals surface area contributed by atoms with Crippen LogP contribution in [-0.2, 0) is 11.3 Å². The molecule has 8 heteroatoms. The zero-order valence-electron chi connectivity index (χ0n) is 12.9. The molecule has 0 radical (unpaired) electrons. The number of para-hydroxylation sites is 2. The number of hydrogen-bond acceptors (Lipinski definition) is 4. The molecule has 0 saturated carbocycles. The molecule has 2 amide bonds. The van der Waals surface area contributed by atoms with E-state index in [0.29, 0.717) is 11.0 Å². The van der Waals surface area contributed by atoms with Crippen LogP contribution in [0.2, 0.25) is 0 Å².